The molecule has 0 spiro atoms. The number of aliphatic hydroxyl groups is 1. The Morgan fingerprint density at radius 2 is 2.11 bits per heavy atom. The number of para-hydroxylation sites is 1. The van der Waals surface area contributed by atoms with Gasteiger partial charge in [0.2, 0.25) is 5.76 Å². The van der Waals surface area contributed by atoms with Crippen LogP contribution in [0.4, 0.5) is 0 Å². The molecule has 0 fully saturated rings. The second-order valence-corrected chi connectivity index (χ2v) is 4.49. The molecule has 1 aromatic heterocycles. The Kier molecular flexibility index (Phi) is 3.54. The fourth-order valence-electron chi connectivity index (χ4n) is 1.60. The molecule has 94 valence electrons. The van der Waals surface area contributed by atoms with Crippen LogP contribution >= 0.6 is 0 Å². The molecule has 1 heterocycles. The summed E-state index contributed by atoms with van der Waals surface area (Å²) in [5.41, 5.74) is 0.614. The molecule has 0 aliphatic rings. The molecular formula is C14H15NO3. The Balaban J connectivity index is 2.29. The van der Waals surface area contributed by atoms with Crippen LogP contribution in [0, 0.1) is 17.2 Å². The maximum absolute atomic E-state index is 9.72. The van der Waals surface area contributed by atoms with Gasteiger partial charge in [-0.1, -0.05) is 26.0 Å². The third-order valence-corrected chi connectivity index (χ3v) is 2.82. The number of furan rings is 1. The van der Waals surface area contributed by atoms with Gasteiger partial charge in [-0.15, -0.1) is 0 Å². The lowest BCUT2D eigenvalue weighted by molar-refractivity contribution is 0.0702. The number of nitriles is 1. The van der Waals surface area contributed by atoms with E-state index >= 15 is 0 Å². The first kappa shape index (κ1) is 12.5. The molecule has 1 N–H and O–H groups in total. The van der Waals surface area contributed by atoms with Crippen LogP contribution in [0.15, 0.2) is 28.7 Å². The van der Waals surface area contributed by atoms with Crippen molar-refractivity contribution in [3.05, 3.63) is 30.0 Å². The van der Waals surface area contributed by atoms with Gasteiger partial charge >= 0.3 is 0 Å². The maximum atomic E-state index is 9.72. The summed E-state index contributed by atoms with van der Waals surface area (Å²) in [5, 5.41) is 19.5. The highest BCUT2D eigenvalue weighted by molar-refractivity contribution is 5.86. The lowest BCUT2D eigenvalue weighted by Gasteiger charge is -2.14. The van der Waals surface area contributed by atoms with Crippen molar-refractivity contribution in [1.29, 1.82) is 5.26 Å². The van der Waals surface area contributed by atoms with Crippen molar-refractivity contribution in [2.45, 2.75) is 20.0 Å². The first-order chi connectivity index (χ1) is 8.63. The van der Waals surface area contributed by atoms with E-state index in [1.807, 2.05) is 38.1 Å². The summed E-state index contributed by atoms with van der Waals surface area (Å²) in [7, 11) is 0. The van der Waals surface area contributed by atoms with Gasteiger partial charge in [0.25, 0.3) is 0 Å². The van der Waals surface area contributed by atoms with Crippen LogP contribution in [0.1, 0.15) is 19.6 Å². The zero-order chi connectivity index (χ0) is 13.1. The molecule has 0 saturated heterocycles. The van der Waals surface area contributed by atoms with Crippen LogP contribution in [0.5, 0.6) is 5.75 Å². The van der Waals surface area contributed by atoms with Crippen LogP contribution in [0.3, 0.4) is 0 Å². The van der Waals surface area contributed by atoms with Gasteiger partial charge < -0.3 is 14.3 Å². The van der Waals surface area contributed by atoms with Crippen LogP contribution in [-0.2, 0) is 0 Å². The normalized spacial score (nSPS) is 12.6. The smallest absolute Gasteiger partial charge is 0.246 e. The molecule has 0 aliphatic heterocycles. The van der Waals surface area contributed by atoms with E-state index < -0.39 is 6.10 Å². The third kappa shape index (κ3) is 2.31. The number of rotatable bonds is 4. The topological polar surface area (TPSA) is 66.4 Å². The van der Waals surface area contributed by atoms with Gasteiger partial charge in [-0.2, -0.15) is 5.26 Å². The van der Waals surface area contributed by atoms with E-state index in [4.69, 9.17) is 14.4 Å². The lowest BCUT2D eigenvalue weighted by Crippen LogP contribution is -2.23. The second kappa shape index (κ2) is 5.11. The minimum Gasteiger partial charge on any atom is -0.485 e. The molecule has 0 amide bonds. The van der Waals surface area contributed by atoms with Gasteiger partial charge in [-0.25, -0.2) is 0 Å². The van der Waals surface area contributed by atoms with Gasteiger partial charge in [0.05, 0.1) is 11.5 Å². The summed E-state index contributed by atoms with van der Waals surface area (Å²) in [6, 6.07) is 9.26. The molecule has 0 aliphatic carbocycles. The average molecular weight is 245 g/mol. The number of ether oxygens (including phenoxy) is 1. The van der Waals surface area contributed by atoms with Crippen LogP contribution in [0.2, 0.25) is 0 Å². The van der Waals surface area contributed by atoms with E-state index in [-0.39, 0.29) is 18.3 Å². The van der Waals surface area contributed by atoms with Crippen molar-refractivity contribution in [3.8, 4) is 11.8 Å². The highest BCUT2D eigenvalue weighted by Gasteiger charge is 2.17. The fraction of sp³-hybridized carbons (Fsp3) is 0.357. The Morgan fingerprint density at radius 3 is 2.78 bits per heavy atom. The highest BCUT2D eigenvalue weighted by Crippen LogP contribution is 2.32. The van der Waals surface area contributed by atoms with Gasteiger partial charge in [0, 0.05) is 0 Å². The molecule has 2 rings (SSSR count). The van der Waals surface area contributed by atoms with Crippen LogP contribution < -0.4 is 4.74 Å². The summed E-state index contributed by atoms with van der Waals surface area (Å²) in [4.78, 5) is 0. The van der Waals surface area contributed by atoms with Crippen molar-refractivity contribution in [3.63, 3.8) is 0 Å². The molecule has 0 saturated carbocycles. The zero-order valence-corrected chi connectivity index (χ0v) is 10.4. The molecule has 1 unspecified atom stereocenters. The summed E-state index contributed by atoms with van der Waals surface area (Å²) in [6.07, 6.45) is -0.565. The van der Waals surface area contributed by atoms with Crippen molar-refractivity contribution >= 4 is 11.0 Å². The number of hydrogen-bond acceptors (Lipinski definition) is 4. The Labute approximate surface area is 105 Å². The van der Waals surface area contributed by atoms with Crippen molar-refractivity contribution in [2.75, 3.05) is 6.61 Å². The average Bonchev–Trinajstić information content (AvgIpc) is 2.73. The predicted octanol–water partition coefficient (Wildman–Crippen LogP) is 2.70. The van der Waals surface area contributed by atoms with E-state index in [0.717, 1.165) is 5.39 Å². The quantitative estimate of drug-likeness (QED) is 0.899. The number of aliphatic hydroxyl groups excluding tert-OH is 1. The molecule has 4 nitrogen and oxygen atoms in total. The standard InChI is InChI=1S/C14H15NO3/c1-9(2)11(16)8-17-14-10-5-3-4-6-12(10)18-13(14)7-15/h3-6,9,11,16H,8H2,1-2H3. The Hall–Kier alpha value is -1.99. The summed E-state index contributed by atoms with van der Waals surface area (Å²) in [5.74, 6) is 0.661. The van der Waals surface area contributed by atoms with Gasteiger partial charge in [-0.05, 0) is 18.1 Å². The van der Waals surface area contributed by atoms with Gasteiger partial charge in [-0.3, -0.25) is 0 Å². The molecule has 1 aromatic carbocycles. The fourth-order valence-corrected chi connectivity index (χ4v) is 1.60. The summed E-state index contributed by atoms with van der Waals surface area (Å²) < 4.78 is 10.9. The minimum absolute atomic E-state index is 0.105. The number of nitrogens with zero attached hydrogens (tertiary/aromatic N) is 1. The molecule has 2 aromatic rings. The van der Waals surface area contributed by atoms with E-state index in [1.54, 1.807) is 6.07 Å². The maximum Gasteiger partial charge on any atom is 0.246 e. The molecule has 4 heteroatoms. The van der Waals surface area contributed by atoms with E-state index in [0.29, 0.717) is 11.3 Å². The van der Waals surface area contributed by atoms with E-state index in [9.17, 15) is 5.11 Å². The zero-order valence-electron chi connectivity index (χ0n) is 10.4. The first-order valence-electron chi connectivity index (χ1n) is 5.86. The molecule has 0 bridgehead atoms. The number of benzene rings is 1. The summed E-state index contributed by atoms with van der Waals surface area (Å²) >= 11 is 0. The van der Waals surface area contributed by atoms with E-state index in [2.05, 4.69) is 0 Å². The molecule has 0 radical (unpaired) electrons. The lowest BCUT2D eigenvalue weighted by atomic mass is 10.1. The second-order valence-electron chi connectivity index (χ2n) is 4.49. The first-order valence-corrected chi connectivity index (χ1v) is 5.86. The number of fused-ring (bicyclic) bond motifs is 1. The molecule has 18 heavy (non-hydrogen) atoms. The third-order valence-electron chi connectivity index (χ3n) is 2.82. The van der Waals surface area contributed by atoms with Crippen LogP contribution in [0.25, 0.3) is 11.0 Å². The summed E-state index contributed by atoms with van der Waals surface area (Å²) in [6.45, 7) is 3.97. The Bertz CT molecular complexity index is 580. The number of hydrogen-bond donors (Lipinski definition) is 1. The Morgan fingerprint density at radius 1 is 1.39 bits per heavy atom. The SMILES string of the molecule is CC(C)C(O)COc1c(C#N)oc2ccccc12. The molecular weight excluding hydrogens is 230 g/mol. The van der Waals surface area contributed by atoms with E-state index in [1.165, 1.54) is 0 Å². The van der Waals surface area contributed by atoms with Crippen LogP contribution in [-0.4, -0.2) is 17.8 Å². The highest BCUT2D eigenvalue weighted by atomic mass is 16.5. The predicted molar refractivity (Wildman–Crippen MR) is 67.3 cm³/mol. The van der Waals surface area contributed by atoms with Gasteiger partial charge in [0.1, 0.15) is 18.3 Å². The van der Waals surface area contributed by atoms with Crippen molar-refractivity contribution < 1.29 is 14.3 Å². The minimum atomic E-state index is -0.565. The van der Waals surface area contributed by atoms with Crippen molar-refractivity contribution in [1.82, 2.24) is 0 Å². The monoisotopic (exact) mass is 245 g/mol. The van der Waals surface area contributed by atoms with Gasteiger partial charge in [0.15, 0.2) is 5.75 Å². The molecule has 1 atom stereocenters. The van der Waals surface area contributed by atoms with Crippen molar-refractivity contribution in [2.24, 2.45) is 5.92 Å². The largest absolute Gasteiger partial charge is 0.485 e.